The van der Waals surface area contributed by atoms with Crippen molar-refractivity contribution in [1.29, 1.82) is 0 Å². The molecule has 0 radical (unpaired) electrons. The van der Waals surface area contributed by atoms with Crippen molar-refractivity contribution in [3.8, 4) is 11.6 Å². The summed E-state index contributed by atoms with van der Waals surface area (Å²) in [4.78, 5) is 15.2. The van der Waals surface area contributed by atoms with Crippen LogP contribution in [-0.2, 0) is 6.42 Å². The molecule has 2 aromatic rings. The minimum atomic E-state index is -0.502. The molecule has 0 saturated carbocycles. The molecular weight excluding hydrogens is 350 g/mol. The number of hydrogen-bond acceptors (Lipinski definition) is 4. The molecule has 5 heteroatoms. The van der Waals surface area contributed by atoms with Crippen molar-refractivity contribution in [3.63, 3.8) is 0 Å². The van der Waals surface area contributed by atoms with E-state index < -0.39 is 5.91 Å². The molecule has 3 rings (SSSR count). The number of pyridine rings is 1. The first-order chi connectivity index (χ1) is 13.5. The average molecular weight is 377 g/mol. The summed E-state index contributed by atoms with van der Waals surface area (Å²) in [5.74, 6) is 1.34. The molecule has 5 nitrogen and oxygen atoms in total. The summed E-state index contributed by atoms with van der Waals surface area (Å²) >= 11 is 0. The normalized spacial score (nSPS) is 16.2. The van der Waals surface area contributed by atoms with Crippen LogP contribution < -0.4 is 15.8 Å². The molecule has 1 atom stereocenters. The van der Waals surface area contributed by atoms with Crippen molar-refractivity contribution >= 4 is 5.91 Å². The fourth-order valence-electron chi connectivity index (χ4n) is 3.32. The highest BCUT2D eigenvalue weighted by Gasteiger charge is 2.11. The van der Waals surface area contributed by atoms with Crippen LogP contribution in [-0.4, -0.2) is 24.0 Å². The molecule has 3 N–H and O–H groups in total. The molecule has 28 heavy (non-hydrogen) atoms. The maximum atomic E-state index is 11.1. The smallest absolute Gasteiger partial charge is 0.250 e. The van der Waals surface area contributed by atoms with Crippen LogP contribution in [0.25, 0.3) is 0 Å². The summed E-state index contributed by atoms with van der Waals surface area (Å²) in [6.07, 6.45) is 8.95. The van der Waals surface area contributed by atoms with Crippen LogP contribution in [0, 0.1) is 12.8 Å². The van der Waals surface area contributed by atoms with E-state index >= 15 is 0 Å². The Labute approximate surface area is 166 Å². The molecule has 0 saturated heterocycles. The van der Waals surface area contributed by atoms with Gasteiger partial charge in [-0.2, -0.15) is 0 Å². The second-order valence-electron chi connectivity index (χ2n) is 7.27. The van der Waals surface area contributed by atoms with Gasteiger partial charge in [0, 0.05) is 12.3 Å². The summed E-state index contributed by atoms with van der Waals surface area (Å²) in [7, 11) is 0. The van der Waals surface area contributed by atoms with Gasteiger partial charge in [0.1, 0.15) is 5.75 Å². The zero-order valence-electron chi connectivity index (χ0n) is 16.3. The van der Waals surface area contributed by atoms with E-state index in [4.69, 9.17) is 10.5 Å². The number of nitrogens with two attached hydrogens (primary N) is 1. The second kappa shape index (κ2) is 9.33. The Bertz CT molecular complexity index is 872. The minimum Gasteiger partial charge on any atom is -0.439 e. The number of ether oxygens (including phenoxy) is 1. The number of primary amides is 1. The summed E-state index contributed by atoms with van der Waals surface area (Å²) in [6.45, 7) is 8.04. The standard InChI is InChI=1S/C23H27N3O2/c1-16-4-3-5-19(12-16)14-25-11-10-18-6-8-21(17(2)13-18)28-22-9-7-20(15-26-22)23(24)27/h3-4,6-9,13,15,19,25H,1,5,10-12,14H2,2H3,(H2,24,27). The van der Waals surface area contributed by atoms with E-state index in [1.165, 1.54) is 17.3 Å². The number of carbonyl (C=O) groups excluding carboxylic acids is 1. The van der Waals surface area contributed by atoms with Gasteiger partial charge < -0.3 is 15.8 Å². The number of aromatic nitrogens is 1. The molecule has 0 bridgehead atoms. The highest BCUT2D eigenvalue weighted by atomic mass is 16.5. The van der Waals surface area contributed by atoms with E-state index in [1.54, 1.807) is 12.1 Å². The van der Waals surface area contributed by atoms with E-state index in [0.29, 0.717) is 17.4 Å². The zero-order chi connectivity index (χ0) is 19.9. The fourth-order valence-corrected chi connectivity index (χ4v) is 3.32. The quantitative estimate of drug-likeness (QED) is 0.683. The first-order valence-electron chi connectivity index (χ1n) is 9.59. The van der Waals surface area contributed by atoms with Crippen molar-refractivity contribution in [2.45, 2.75) is 26.2 Å². The van der Waals surface area contributed by atoms with Crippen molar-refractivity contribution in [2.24, 2.45) is 11.7 Å². The van der Waals surface area contributed by atoms with Gasteiger partial charge in [0.25, 0.3) is 0 Å². The Morgan fingerprint density at radius 3 is 2.89 bits per heavy atom. The molecule has 1 unspecified atom stereocenters. The maximum Gasteiger partial charge on any atom is 0.250 e. The van der Waals surface area contributed by atoms with Crippen LogP contribution in [0.4, 0.5) is 0 Å². The molecule has 1 heterocycles. The molecule has 1 aromatic heterocycles. The monoisotopic (exact) mass is 377 g/mol. The van der Waals surface area contributed by atoms with Gasteiger partial charge in [0.15, 0.2) is 0 Å². The number of aryl methyl sites for hydroxylation is 1. The zero-order valence-corrected chi connectivity index (χ0v) is 16.3. The third kappa shape index (κ3) is 5.54. The predicted molar refractivity (Wildman–Crippen MR) is 112 cm³/mol. The Morgan fingerprint density at radius 2 is 2.21 bits per heavy atom. The van der Waals surface area contributed by atoms with E-state index in [2.05, 4.69) is 41.2 Å². The first kappa shape index (κ1) is 19.8. The van der Waals surface area contributed by atoms with Crippen molar-refractivity contribution in [3.05, 3.63) is 77.5 Å². The molecule has 1 aliphatic rings. The molecule has 146 valence electrons. The molecule has 0 spiro atoms. The number of hydrogen-bond donors (Lipinski definition) is 2. The van der Waals surface area contributed by atoms with Crippen LogP contribution >= 0.6 is 0 Å². The van der Waals surface area contributed by atoms with Crippen LogP contribution in [0.2, 0.25) is 0 Å². The molecule has 0 aliphatic heterocycles. The van der Waals surface area contributed by atoms with Crippen molar-refractivity contribution in [2.75, 3.05) is 13.1 Å². The number of allylic oxidation sites excluding steroid dienone is 3. The highest BCUT2D eigenvalue weighted by Crippen LogP contribution is 2.25. The largest absolute Gasteiger partial charge is 0.439 e. The lowest BCUT2D eigenvalue weighted by atomic mass is 9.91. The van der Waals surface area contributed by atoms with Crippen LogP contribution in [0.5, 0.6) is 11.6 Å². The molecule has 1 aliphatic carbocycles. The van der Waals surface area contributed by atoms with Gasteiger partial charge in [0.05, 0.1) is 5.56 Å². The number of amides is 1. The van der Waals surface area contributed by atoms with Gasteiger partial charge in [-0.15, -0.1) is 0 Å². The van der Waals surface area contributed by atoms with Crippen molar-refractivity contribution in [1.82, 2.24) is 10.3 Å². The number of nitrogens with zero attached hydrogens (tertiary/aromatic N) is 1. The fraction of sp³-hybridized carbons (Fsp3) is 0.304. The molecule has 1 aromatic carbocycles. The number of benzene rings is 1. The molecular formula is C23H27N3O2. The number of carbonyl (C=O) groups is 1. The highest BCUT2D eigenvalue weighted by molar-refractivity contribution is 5.92. The van der Waals surface area contributed by atoms with E-state index in [1.807, 2.05) is 13.0 Å². The van der Waals surface area contributed by atoms with Crippen LogP contribution in [0.15, 0.2) is 60.8 Å². The topological polar surface area (TPSA) is 77.2 Å². The SMILES string of the molecule is C=C1C=CCC(CNCCc2ccc(Oc3ccc(C(N)=O)cn3)c(C)c2)C1. The molecule has 1 amide bonds. The lowest BCUT2D eigenvalue weighted by molar-refractivity contribution is 0.1000. The second-order valence-corrected chi connectivity index (χ2v) is 7.27. The van der Waals surface area contributed by atoms with E-state index in [0.717, 1.165) is 43.7 Å². The van der Waals surface area contributed by atoms with Gasteiger partial charge in [-0.25, -0.2) is 4.98 Å². The van der Waals surface area contributed by atoms with Gasteiger partial charge in [-0.1, -0.05) is 36.4 Å². The number of rotatable bonds is 8. The average Bonchev–Trinajstić information content (AvgIpc) is 2.68. The van der Waals surface area contributed by atoms with Gasteiger partial charge in [-0.3, -0.25) is 4.79 Å². The molecule has 0 fully saturated rings. The minimum absolute atomic E-state index is 0.362. The lowest BCUT2D eigenvalue weighted by Gasteiger charge is -2.19. The van der Waals surface area contributed by atoms with Gasteiger partial charge in [0.2, 0.25) is 11.8 Å². The summed E-state index contributed by atoms with van der Waals surface area (Å²) in [5, 5.41) is 3.56. The van der Waals surface area contributed by atoms with E-state index in [9.17, 15) is 4.79 Å². The Hall–Kier alpha value is -2.92. The Morgan fingerprint density at radius 1 is 1.36 bits per heavy atom. The summed E-state index contributed by atoms with van der Waals surface area (Å²) < 4.78 is 5.82. The van der Waals surface area contributed by atoms with Gasteiger partial charge >= 0.3 is 0 Å². The Balaban J connectivity index is 1.48. The Kier molecular flexibility index (Phi) is 6.61. The third-order valence-corrected chi connectivity index (χ3v) is 4.87. The first-order valence-corrected chi connectivity index (χ1v) is 9.59. The summed E-state index contributed by atoms with van der Waals surface area (Å²) in [6, 6.07) is 9.43. The van der Waals surface area contributed by atoms with Crippen molar-refractivity contribution < 1.29 is 9.53 Å². The summed E-state index contributed by atoms with van der Waals surface area (Å²) in [5.41, 5.74) is 9.12. The van der Waals surface area contributed by atoms with E-state index in [-0.39, 0.29) is 0 Å². The van der Waals surface area contributed by atoms with Crippen LogP contribution in [0.1, 0.15) is 34.3 Å². The predicted octanol–water partition coefficient (Wildman–Crippen LogP) is 3.94. The lowest BCUT2D eigenvalue weighted by Crippen LogP contribution is -2.25. The third-order valence-electron chi connectivity index (χ3n) is 4.87. The van der Waals surface area contributed by atoms with Crippen LogP contribution in [0.3, 0.4) is 0 Å². The van der Waals surface area contributed by atoms with Gasteiger partial charge in [-0.05, 0) is 68.5 Å². The number of nitrogens with one attached hydrogen (secondary N) is 1. The maximum absolute atomic E-state index is 11.1.